The first-order valence-corrected chi connectivity index (χ1v) is 8.90. The van der Waals surface area contributed by atoms with E-state index in [1.165, 1.54) is 28.6 Å². The van der Waals surface area contributed by atoms with Gasteiger partial charge in [-0.1, -0.05) is 18.7 Å². The van der Waals surface area contributed by atoms with Gasteiger partial charge in [0.05, 0.1) is 5.25 Å². The lowest BCUT2D eigenvalue weighted by atomic mass is 9.89. The summed E-state index contributed by atoms with van der Waals surface area (Å²) in [4.78, 5) is 23.0. The van der Waals surface area contributed by atoms with Crippen LogP contribution in [0, 0.1) is 12.8 Å². The molecule has 2 atom stereocenters. The number of hydrogen-bond donors (Lipinski definition) is 1. The van der Waals surface area contributed by atoms with E-state index in [0.717, 1.165) is 39.8 Å². The number of carbonyl (C=O) groups excluding carboxylic acids is 1. The van der Waals surface area contributed by atoms with Crippen LogP contribution in [0.3, 0.4) is 0 Å². The summed E-state index contributed by atoms with van der Waals surface area (Å²) < 4.78 is 0. The molecule has 0 spiro atoms. The number of primary amides is 1. The van der Waals surface area contributed by atoms with Crippen LogP contribution < -0.4 is 5.73 Å². The maximum absolute atomic E-state index is 11.4. The van der Waals surface area contributed by atoms with Crippen molar-refractivity contribution < 1.29 is 4.79 Å². The van der Waals surface area contributed by atoms with Gasteiger partial charge in [-0.25, -0.2) is 9.97 Å². The second kappa shape index (κ2) is 5.57. The molecule has 2 unspecified atom stereocenters. The van der Waals surface area contributed by atoms with Crippen molar-refractivity contribution in [2.45, 2.75) is 50.3 Å². The van der Waals surface area contributed by atoms with Crippen molar-refractivity contribution in [2.75, 3.05) is 0 Å². The number of nitrogens with two attached hydrogens (primary N) is 1. The molecule has 0 aromatic carbocycles. The van der Waals surface area contributed by atoms with Crippen molar-refractivity contribution in [2.24, 2.45) is 11.7 Å². The van der Waals surface area contributed by atoms with Crippen molar-refractivity contribution in [3.05, 3.63) is 16.3 Å². The average molecular weight is 321 g/mol. The highest BCUT2D eigenvalue weighted by molar-refractivity contribution is 8.00. The molecule has 0 radical (unpaired) electrons. The van der Waals surface area contributed by atoms with E-state index >= 15 is 0 Å². The second-order valence-electron chi connectivity index (χ2n) is 5.77. The lowest BCUT2D eigenvalue weighted by Gasteiger charge is -2.18. The number of amides is 1. The normalized spacial score (nSPS) is 19.5. The second-order valence-corrected chi connectivity index (χ2v) is 8.18. The van der Waals surface area contributed by atoms with Crippen molar-refractivity contribution in [1.82, 2.24) is 9.97 Å². The van der Waals surface area contributed by atoms with Crippen LogP contribution in [0.5, 0.6) is 0 Å². The Labute approximate surface area is 132 Å². The molecular formula is C15H19N3OS2. The first kappa shape index (κ1) is 14.8. The van der Waals surface area contributed by atoms with E-state index in [2.05, 4.69) is 16.9 Å². The maximum Gasteiger partial charge on any atom is 0.230 e. The molecule has 2 aromatic rings. The van der Waals surface area contributed by atoms with E-state index in [1.54, 1.807) is 11.3 Å². The molecule has 3 rings (SSSR count). The number of nitrogens with zero attached hydrogens (tertiary/aromatic N) is 2. The van der Waals surface area contributed by atoms with Gasteiger partial charge in [-0.05, 0) is 44.6 Å². The monoisotopic (exact) mass is 321 g/mol. The highest BCUT2D eigenvalue weighted by Gasteiger charge is 2.25. The molecule has 1 amide bonds. The summed E-state index contributed by atoms with van der Waals surface area (Å²) in [6, 6.07) is 0. The van der Waals surface area contributed by atoms with Gasteiger partial charge in [0.1, 0.15) is 15.7 Å². The predicted octanol–water partition coefficient (Wildman–Crippen LogP) is 3.09. The minimum Gasteiger partial charge on any atom is -0.369 e. The summed E-state index contributed by atoms with van der Waals surface area (Å²) in [7, 11) is 0. The molecule has 0 fully saturated rings. The van der Waals surface area contributed by atoms with Crippen LogP contribution >= 0.6 is 23.1 Å². The molecule has 0 saturated carbocycles. The molecule has 4 nitrogen and oxygen atoms in total. The quantitative estimate of drug-likeness (QED) is 0.697. The van der Waals surface area contributed by atoms with Crippen LogP contribution in [0.15, 0.2) is 5.03 Å². The number of aromatic nitrogens is 2. The average Bonchev–Trinajstić information content (AvgIpc) is 2.75. The Kier molecular flexibility index (Phi) is 3.92. The molecule has 0 aliphatic heterocycles. The maximum atomic E-state index is 11.4. The van der Waals surface area contributed by atoms with Crippen LogP contribution in [-0.2, 0) is 17.6 Å². The number of rotatable bonds is 3. The molecule has 21 heavy (non-hydrogen) atoms. The van der Waals surface area contributed by atoms with E-state index in [4.69, 9.17) is 5.73 Å². The van der Waals surface area contributed by atoms with Gasteiger partial charge in [-0.3, -0.25) is 4.79 Å². The van der Waals surface area contributed by atoms with Crippen molar-refractivity contribution in [1.29, 1.82) is 0 Å². The number of thioether (sulfide) groups is 1. The van der Waals surface area contributed by atoms with E-state index < -0.39 is 0 Å². The molecule has 2 heterocycles. The van der Waals surface area contributed by atoms with E-state index in [9.17, 15) is 4.79 Å². The summed E-state index contributed by atoms with van der Waals surface area (Å²) in [6.07, 6.45) is 3.43. The summed E-state index contributed by atoms with van der Waals surface area (Å²) in [5, 5.41) is 1.79. The molecule has 1 aliphatic rings. The van der Waals surface area contributed by atoms with Gasteiger partial charge in [0.25, 0.3) is 0 Å². The number of carbonyl (C=O) groups is 1. The van der Waals surface area contributed by atoms with E-state index in [-0.39, 0.29) is 11.2 Å². The minimum absolute atomic E-state index is 0.277. The summed E-state index contributed by atoms with van der Waals surface area (Å²) in [5.74, 6) is 1.19. The van der Waals surface area contributed by atoms with Gasteiger partial charge in [0, 0.05) is 10.3 Å². The van der Waals surface area contributed by atoms with Gasteiger partial charge in [-0.15, -0.1) is 11.3 Å². The first-order valence-electron chi connectivity index (χ1n) is 7.20. The SMILES string of the molecule is Cc1nc(SC(C)C(N)=O)c2c3c(sc2n1)CC(C)CC3. The van der Waals surface area contributed by atoms with Crippen LogP contribution in [-0.4, -0.2) is 21.1 Å². The Bertz CT molecular complexity index is 710. The number of aryl methyl sites for hydroxylation is 2. The van der Waals surface area contributed by atoms with Crippen molar-refractivity contribution >= 4 is 39.2 Å². The Morgan fingerprint density at radius 3 is 2.95 bits per heavy atom. The molecule has 6 heteroatoms. The molecule has 0 bridgehead atoms. The zero-order chi connectivity index (χ0) is 15.1. The third kappa shape index (κ3) is 2.79. The first-order chi connectivity index (χ1) is 9.95. The highest BCUT2D eigenvalue weighted by atomic mass is 32.2. The molecular weight excluding hydrogens is 302 g/mol. The lowest BCUT2D eigenvalue weighted by Crippen LogP contribution is -2.22. The Hall–Kier alpha value is -1.14. The molecule has 2 aromatic heterocycles. The summed E-state index contributed by atoms with van der Waals surface area (Å²) >= 11 is 3.24. The largest absolute Gasteiger partial charge is 0.369 e. The zero-order valence-corrected chi connectivity index (χ0v) is 14.1. The fourth-order valence-corrected chi connectivity index (χ4v) is 5.19. The van der Waals surface area contributed by atoms with Gasteiger partial charge in [0.15, 0.2) is 0 Å². The predicted molar refractivity (Wildman–Crippen MR) is 87.9 cm³/mol. The molecule has 0 saturated heterocycles. The Balaban J connectivity index is 2.12. The van der Waals surface area contributed by atoms with Gasteiger partial charge in [-0.2, -0.15) is 0 Å². The molecule has 1 aliphatic carbocycles. The van der Waals surface area contributed by atoms with Gasteiger partial charge < -0.3 is 5.73 Å². The smallest absolute Gasteiger partial charge is 0.230 e. The minimum atomic E-state index is -0.304. The zero-order valence-electron chi connectivity index (χ0n) is 12.5. The fraction of sp³-hybridized carbons (Fsp3) is 0.533. The summed E-state index contributed by atoms with van der Waals surface area (Å²) in [6.45, 7) is 6.03. The molecule has 112 valence electrons. The van der Waals surface area contributed by atoms with Gasteiger partial charge in [0.2, 0.25) is 5.91 Å². The van der Waals surface area contributed by atoms with Crippen molar-refractivity contribution in [3.63, 3.8) is 0 Å². The van der Waals surface area contributed by atoms with E-state index in [0.29, 0.717) is 0 Å². The fourth-order valence-electron chi connectivity index (χ4n) is 2.72. The van der Waals surface area contributed by atoms with Crippen LogP contribution in [0.2, 0.25) is 0 Å². The Morgan fingerprint density at radius 1 is 1.48 bits per heavy atom. The van der Waals surface area contributed by atoms with Crippen molar-refractivity contribution in [3.8, 4) is 0 Å². The topological polar surface area (TPSA) is 68.9 Å². The van der Waals surface area contributed by atoms with Crippen LogP contribution in [0.25, 0.3) is 10.2 Å². The number of hydrogen-bond acceptors (Lipinski definition) is 5. The summed E-state index contributed by atoms with van der Waals surface area (Å²) in [5.41, 5.74) is 6.79. The lowest BCUT2D eigenvalue weighted by molar-refractivity contribution is -0.117. The molecule has 2 N–H and O–H groups in total. The van der Waals surface area contributed by atoms with Gasteiger partial charge >= 0.3 is 0 Å². The van der Waals surface area contributed by atoms with Crippen LogP contribution in [0.1, 0.15) is 36.5 Å². The standard InChI is InChI=1S/C15H19N3OS2/c1-7-4-5-10-11(6-7)21-15-12(10)14(17-9(3)18-15)20-8(2)13(16)19/h7-8H,4-6H2,1-3H3,(H2,16,19). The highest BCUT2D eigenvalue weighted by Crippen LogP contribution is 2.41. The third-order valence-electron chi connectivity index (χ3n) is 3.92. The third-order valence-corrected chi connectivity index (χ3v) is 6.18. The number of fused-ring (bicyclic) bond motifs is 3. The van der Waals surface area contributed by atoms with Crippen LogP contribution in [0.4, 0.5) is 0 Å². The number of thiophene rings is 1. The van der Waals surface area contributed by atoms with E-state index in [1.807, 2.05) is 13.8 Å². The Morgan fingerprint density at radius 2 is 2.24 bits per heavy atom.